The molecular formula is C16H22N2O2S. The molecule has 2 heterocycles. The molecule has 0 bridgehead atoms. The molecule has 1 aromatic carbocycles. The molecule has 2 atom stereocenters. The largest absolute Gasteiger partial charge is 0.378 e. The van der Waals surface area contributed by atoms with Crippen LogP contribution in [0.1, 0.15) is 6.42 Å². The first-order valence-corrected chi connectivity index (χ1v) is 8.59. The van der Waals surface area contributed by atoms with E-state index in [2.05, 4.69) is 29.6 Å². The van der Waals surface area contributed by atoms with E-state index >= 15 is 0 Å². The quantitative estimate of drug-likeness (QED) is 0.858. The number of benzene rings is 1. The predicted octanol–water partition coefficient (Wildman–Crippen LogP) is 1.62. The van der Waals surface area contributed by atoms with Crippen LogP contribution in [0.2, 0.25) is 0 Å². The minimum atomic E-state index is -0.140. The fourth-order valence-electron chi connectivity index (χ4n) is 2.84. The van der Waals surface area contributed by atoms with Crippen LogP contribution in [-0.4, -0.2) is 55.4 Å². The summed E-state index contributed by atoms with van der Waals surface area (Å²) in [6.07, 6.45) is 1.11. The highest BCUT2D eigenvalue weighted by Crippen LogP contribution is 2.26. The highest BCUT2D eigenvalue weighted by atomic mass is 32.2. The first kappa shape index (κ1) is 14.9. The second kappa shape index (κ2) is 7.29. The molecule has 4 nitrogen and oxygen atoms in total. The molecule has 3 rings (SSSR count). The van der Waals surface area contributed by atoms with E-state index in [-0.39, 0.29) is 11.9 Å². The van der Waals surface area contributed by atoms with E-state index in [4.69, 9.17) is 4.74 Å². The maximum Gasteiger partial charge on any atom is 0.242 e. The number of thioether (sulfide) groups is 1. The minimum absolute atomic E-state index is 0.140. The van der Waals surface area contributed by atoms with Crippen molar-refractivity contribution in [3.63, 3.8) is 0 Å². The zero-order valence-corrected chi connectivity index (χ0v) is 13.0. The molecule has 2 saturated heterocycles. The topological polar surface area (TPSA) is 41.6 Å². The van der Waals surface area contributed by atoms with Crippen LogP contribution in [0.3, 0.4) is 0 Å². The molecule has 0 radical (unpaired) electrons. The lowest BCUT2D eigenvalue weighted by Crippen LogP contribution is -2.52. The Bertz CT molecular complexity index is 463. The minimum Gasteiger partial charge on any atom is -0.378 e. The maximum absolute atomic E-state index is 12.4. The highest BCUT2D eigenvalue weighted by Gasteiger charge is 2.31. The summed E-state index contributed by atoms with van der Waals surface area (Å²) in [5, 5.41) is 3.25. The van der Waals surface area contributed by atoms with Crippen LogP contribution in [0.4, 0.5) is 0 Å². The summed E-state index contributed by atoms with van der Waals surface area (Å²) in [6, 6.07) is 10.3. The van der Waals surface area contributed by atoms with Gasteiger partial charge in [0.15, 0.2) is 0 Å². The van der Waals surface area contributed by atoms with E-state index in [1.165, 1.54) is 4.90 Å². The van der Waals surface area contributed by atoms with Crippen LogP contribution >= 0.6 is 11.8 Å². The Morgan fingerprint density at radius 2 is 2.24 bits per heavy atom. The van der Waals surface area contributed by atoms with Gasteiger partial charge in [-0.05, 0) is 24.5 Å². The molecule has 1 N–H and O–H groups in total. The van der Waals surface area contributed by atoms with Gasteiger partial charge in [-0.1, -0.05) is 18.2 Å². The third-order valence-electron chi connectivity index (χ3n) is 4.05. The van der Waals surface area contributed by atoms with E-state index in [0.717, 1.165) is 31.8 Å². The number of likely N-dealkylation sites (tertiary alicyclic amines) is 1. The van der Waals surface area contributed by atoms with Gasteiger partial charge in [-0.25, -0.2) is 0 Å². The number of nitrogens with zero attached hydrogens (tertiary/aromatic N) is 1. The Hall–Kier alpha value is -1.04. The van der Waals surface area contributed by atoms with E-state index in [0.29, 0.717) is 19.1 Å². The Balaban J connectivity index is 1.45. The van der Waals surface area contributed by atoms with Crippen LogP contribution in [0.5, 0.6) is 0 Å². The van der Waals surface area contributed by atoms with Gasteiger partial charge >= 0.3 is 0 Å². The predicted molar refractivity (Wildman–Crippen MR) is 84.5 cm³/mol. The number of amides is 1. The van der Waals surface area contributed by atoms with Crippen molar-refractivity contribution in [3.05, 3.63) is 30.3 Å². The van der Waals surface area contributed by atoms with Crippen molar-refractivity contribution < 1.29 is 9.53 Å². The number of morpholine rings is 1. The zero-order valence-electron chi connectivity index (χ0n) is 12.2. The van der Waals surface area contributed by atoms with Crippen LogP contribution < -0.4 is 5.32 Å². The number of hydrogen-bond donors (Lipinski definition) is 1. The Morgan fingerprint density at radius 3 is 3.00 bits per heavy atom. The molecule has 114 valence electrons. The maximum atomic E-state index is 12.4. The molecule has 2 aliphatic rings. The molecule has 5 heteroatoms. The van der Waals surface area contributed by atoms with E-state index < -0.39 is 0 Å². The van der Waals surface area contributed by atoms with Gasteiger partial charge in [0, 0.05) is 30.3 Å². The molecule has 1 amide bonds. The van der Waals surface area contributed by atoms with Crippen LogP contribution in [0.25, 0.3) is 0 Å². The molecule has 2 unspecified atom stereocenters. The second-order valence-corrected chi connectivity index (χ2v) is 6.74. The van der Waals surface area contributed by atoms with Gasteiger partial charge in [-0.2, -0.15) is 0 Å². The van der Waals surface area contributed by atoms with Crippen molar-refractivity contribution in [2.24, 2.45) is 5.92 Å². The summed E-state index contributed by atoms with van der Waals surface area (Å²) in [5.41, 5.74) is 0. The fraction of sp³-hybridized carbons (Fsp3) is 0.562. The third-order valence-corrected chi connectivity index (χ3v) is 5.29. The summed E-state index contributed by atoms with van der Waals surface area (Å²) in [5.74, 6) is 1.90. The number of ether oxygens (including phenoxy) is 1. The highest BCUT2D eigenvalue weighted by molar-refractivity contribution is 7.99. The fourth-order valence-corrected chi connectivity index (χ4v) is 3.89. The first-order valence-electron chi connectivity index (χ1n) is 7.60. The van der Waals surface area contributed by atoms with Crippen molar-refractivity contribution in [2.75, 3.05) is 38.6 Å². The number of carbonyl (C=O) groups excluding carboxylic acids is 1. The van der Waals surface area contributed by atoms with Gasteiger partial charge < -0.3 is 15.0 Å². The van der Waals surface area contributed by atoms with Gasteiger partial charge in [0.25, 0.3) is 0 Å². The van der Waals surface area contributed by atoms with Gasteiger partial charge in [0.2, 0.25) is 5.91 Å². The van der Waals surface area contributed by atoms with E-state index in [1.54, 1.807) is 0 Å². The second-order valence-electron chi connectivity index (χ2n) is 5.64. The van der Waals surface area contributed by atoms with Gasteiger partial charge in [0.05, 0.1) is 13.2 Å². The molecule has 2 fully saturated rings. The molecule has 0 spiro atoms. The number of nitrogens with one attached hydrogen (secondary N) is 1. The van der Waals surface area contributed by atoms with E-state index in [9.17, 15) is 4.79 Å². The Labute approximate surface area is 130 Å². The van der Waals surface area contributed by atoms with Gasteiger partial charge in [-0.15, -0.1) is 11.8 Å². The van der Waals surface area contributed by atoms with Gasteiger partial charge in [-0.3, -0.25) is 4.79 Å². The SMILES string of the molecule is O=C(C1COCCN1)N1CCC(CSc2ccccc2)C1. The number of carbonyl (C=O) groups is 1. The average Bonchev–Trinajstić information content (AvgIpc) is 3.03. The number of hydrogen-bond acceptors (Lipinski definition) is 4. The molecule has 2 aliphatic heterocycles. The molecule has 21 heavy (non-hydrogen) atoms. The van der Waals surface area contributed by atoms with Crippen molar-refractivity contribution in [2.45, 2.75) is 17.4 Å². The molecular weight excluding hydrogens is 284 g/mol. The smallest absolute Gasteiger partial charge is 0.242 e. The summed E-state index contributed by atoms with van der Waals surface area (Å²) in [4.78, 5) is 15.7. The Morgan fingerprint density at radius 1 is 1.38 bits per heavy atom. The van der Waals surface area contributed by atoms with E-state index in [1.807, 2.05) is 22.7 Å². The molecule has 0 saturated carbocycles. The molecule has 1 aromatic rings. The molecule has 0 aromatic heterocycles. The summed E-state index contributed by atoms with van der Waals surface area (Å²) >= 11 is 1.89. The lowest BCUT2D eigenvalue weighted by atomic mass is 10.2. The monoisotopic (exact) mass is 306 g/mol. The van der Waals surface area contributed by atoms with Gasteiger partial charge in [0.1, 0.15) is 6.04 Å². The van der Waals surface area contributed by atoms with Crippen molar-refractivity contribution >= 4 is 17.7 Å². The standard InChI is InChI=1S/C16H22N2O2S/c19-16(15-11-20-9-7-17-15)18-8-6-13(10-18)12-21-14-4-2-1-3-5-14/h1-5,13,15,17H,6-12H2. The van der Waals surface area contributed by atoms with Crippen LogP contribution in [0, 0.1) is 5.92 Å². The van der Waals surface area contributed by atoms with Crippen molar-refractivity contribution in [1.29, 1.82) is 0 Å². The first-order chi connectivity index (χ1) is 10.3. The van der Waals surface area contributed by atoms with Crippen LogP contribution in [0.15, 0.2) is 35.2 Å². The zero-order chi connectivity index (χ0) is 14.5. The summed E-state index contributed by atoms with van der Waals surface area (Å²) < 4.78 is 5.38. The summed E-state index contributed by atoms with van der Waals surface area (Å²) in [6.45, 7) is 3.77. The normalized spacial score (nSPS) is 26.0. The Kier molecular flexibility index (Phi) is 5.17. The third kappa shape index (κ3) is 3.99. The number of rotatable bonds is 4. The lowest BCUT2D eigenvalue weighted by Gasteiger charge is -2.27. The van der Waals surface area contributed by atoms with Crippen molar-refractivity contribution in [1.82, 2.24) is 10.2 Å². The summed E-state index contributed by atoms with van der Waals surface area (Å²) in [7, 11) is 0. The molecule has 0 aliphatic carbocycles. The van der Waals surface area contributed by atoms with Crippen LogP contribution in [-0.2, 0) is 9.53 Å². The average molecular weight is 306 g/mol. The van der Waals surface area contributed by atoms with Crippen molar-refractivity contribution in [3.8, 4) is 0 Å². The lowest BCUT2D eigenvalue weighted by molar-refractivity contribution is -0.135.